The van der Waals surface area contributed by atoms with Gasteiger partial charge in [-0.2, -0.15) is 0 Å². The first-order chi connectivity index (χ1) is 8.24. The van der Waals surface area contributed by atoms with Gasteiger partial charge < -0.3 is 10.2 Å². The average Bonchev–Trinajstić information content (AvgIpc) is 2.76. The molecule has 94 valence electrons. The van der Waals surface area contributed by atoms with Crippen LogP contribution in [-0.2, 0) is 6.54 Å². The van der Waals surface area contributed by atoms with Crippen LogP contribution in [0.3, 0.4) is 0 Å². The Morgan fingerprint density at radius 1 is 1.06 bits per heavy atom. The highest BCUT2D eigenvalue weighted by atomic mass is 35.5. The van der Waals surface area contributed by atoms with Gasteiger partial charge in [-0.1, -0.05) is 23.2 Å². The zero-order valence-corrected chi connectivity index (χ0v) is 11.4. The zero-order valence-electron chi connectivity index (χ0n) is 9.88. The number of benzene rings is 1. The van der Waals surface area contributed by atoms with Gasteiger partial charge in [0.05, 0.1) is 0 Å². The van der Waals surface area contributed by atoms with E-state index in [0.717, 1.165) is 25.2 Å². The third-order valence-electron chi connectivity index (χ3n) is 3.05. The smallest absolute Gasteiger partial charge is 0.0424 e. The van der Waals surface area contributed by atoms with Crippen LogP contribution in [0.4, 0.5) is 0 Å². The van der Waals surface area contributed by atoms with E-state index in [2.05, 4.69) is 10.2 Å². The zero-order chi connectivity index (χ0) is 12.1. The Labute approximate surface area is 113 Å². The molecule has 1 heterocycles. The molecule has 1 N–H and O–H groups in total. The van der Waals surface area contributed by atoms with Gasteiger partial charge in [0.15, 0.2) is 0 Å². The number of halogens is 2. The molecule has 0 aromatic heterocycles. The monoisotopic (exact) mass is 272 g/mol. The van der Waals surface area contributed by atoms with Gasteiger partial charge in [-0.3, -0.25) is 0 Å². The number of nitrogens with one attached hydrogen (secondary N) is 1. The Morgan fingerprint density at radius 3 is 2.35 bits per heavy atom. The minimum absolute atomic E-state index is 0.703. The number of hydrogen-bond donors (Lipinski definition) is 1. The minimum Gasteiger partial charge on any atom is -0.311 e. The summed E-state index contributed by atoms with van der Waals surface area (Å²) in [5, 5.41) is 4.83. The van der Waals surface area contributed by atoms with Gasteiger partial charge in [-0.05, 0) is 49.7 Å². The Morgan fingerprint density at radius 2 is 1.71 bits per heavy atom. The highest BCUT2D eigenvalue weighted by molar-refractivity contribution is 6.34. The van der Waals surface area contributed by atoms with Gasteiger partial charge in [0.1, 0.15) is 0 Å². The van der Waals surface area contributed by atoms with E-state index in [-0.39, 0.29) is 0 Å². The highest BCUT2D eigenvalue weighted by Crippen LogP contribution is 2.18. The molecule has 1 fully saturated rings. The standard InChI is InChI=1S/C13H18Cl2N2/c14-12-7-11(8-13(15)9-12)10-16-3-6-17-4-1-2-5-17/h7-9,16H,1-6,10H2. The number of hydrogen-bond acceptors (Lipinski definition) is 2. The summed E-state index contributed by atoms with van der Waals surface area (Å²) in [5.74, 6) is 0. The molecule has 17 heavy (non-hydrogen) atoms. The van der Waals surface area contributed by atoms with Crippen LogP contribution in [-0.4, -0.2) is 31.1 Å². The molecule has 0 aliphatic carbocycles. The highest BCUT2D eigenvalue weighted by Gasteiger charge is 2.09. The molecule has 0 saturated carbocycles. The molecule has 0 bridgehead atoms. The molecule has 4 heteroatoms. The van der Waals surface area contributed by atoms with E-state index in [1.165, 1.54) is 25.9 Å². The van der Waals surface area contributed by atoms with Crippen LogP contribution >= 0.6 is 23.2 Å². The van der Waals surface area contributed by atoms with Crippen LogP contribution in [0.15, 0.2) is 18.2 Å². The molecule has 1 aromatic carbocycles. The minimum atomic E-state index is 0.703. The van der Waals surface area contributed by atoms with E-state index < -0.39 is 0 Å². The summed E-state index contributed by atoms with van der Waals surface area (Å²) in [7, 11) is 0. The van der Waals surface area contributed by atoms with Crippen molar-refractivity contribution in [1.29, 1.82) is 0 Å². The summed E-state index contributed by atoms with van der Waals surface area (Å²) < 4.78 is 0. The van der Waals surface area contributed by atoms with Crippen molar-refractivity contribution in [2.24, 2.45) is 0 Å². The third-order valence-corrected chi connectivity index (χ3v) is 3.49. The molecule has 1 aliphatic rings. The summed E-state index contributed by atoms with van der Waals surface area (Å²) in [4.78, 5) is 2.50. The molecular weight excluding hydrogens is 255 g/mol. The largest absolute Gasteiger partial charge is 0.311 e. The summed E-state index contributed by atoms with van der Waals surface area (Å²) in [6.07, 6.45) is 2.70. The van der Waals surface area contributed by atoms with Gasteiger partial charge in [0, 0.05) is 29.7 Å². The van der Waals surface area contributed by atoms with Crippen molar-refractivity contribution >= 4 is 23.2 Å². The molecule has 1 aliphatic heterocycles. The topological polar surface area (TPSA) is 15.3 Å². The number of nitrogens with zero attached hydrogens (tertiary/aromatic N) is 1. The lowest BCUT2D eigenvalue weighted by Crippen LogP contribution is -2.29. The van der Waals surface area contributed by atoms with Crippen molar-refractivity contribution < 1.29 is 0 Å². The maximum atomic E-state index is 5.95. The van der Waals surface area contributed by atoms with Crippen molar-refractivity contribution in [3.05, 3.63) is 33.8 Å². The lowest BCUT2D eigenvalue weighted by Gasteiger charge is -2.14. The summed E-state index contributed by atoms with van der Waals surface area (Å²) >= 11 is 11.9. The molecule has 0 radical (unpaired) electrons. The van der Waals surface area contributed by atoms with Crippen molar-refractivity contribution in [1.82, 2.24) is 10.2 Å². The van der Waals surface area contributed by atoms with Gasteiger partial charge >= 0.3 is 0 Å². The van der Waals surface area contributed by atoms with Crippen LogP contribution < -0.4 is 5.32 Å². The van der Waals surface area contributed by atoms with Crippen molar-refractivity contribution in [2.45, 2.75) is 19.4 Å². The van der Waals surface area contributed by atoms with Crippen molar-refractivity contribution in [3.8, 4) is 0 Å². The molecule has 1 saturated heterocycles. The second kappa shape index (κ2) is 6.60. The van der Waals surface area contributed by atoms with Crippen LogP contribution in [0.2, 0.25) is 10.0 Å². The van der Waals surface area contributed by atoms with Crippen molar-refractivity contribution in [2.75, 3.05) is 26.2 Å². The third kappa shape index (κ3) is 4.47. The van der Waals surface area contributed by atoms with Crippen LogP contribution in [0.25, 0.3) is 0 Å². The summed E-state index contributed by atoms with van der Waals surface area (Å²) in [6, 6.07) is 5.67. The first-order valence-electron chi connectivity index (χ1n) is 6.12. The van der Waals surface area contributed by atoms with E-state index in [0.29, 0.717) is 10.0 Å². The fraction of sp³-hybridized carbons (Fsp3) is 0.538. The maximum Gasteiger partial charge on any atom is 0.0424 e. The Hall–Kier alpha value is -0.280. The van der Waals surface area contributed by atoms with Gasteiger partial charge in [-0.15, -0.1) is 0 Å². The molecule has 0 atom stereocenters. The fourth-order valence-corrected chi connectivity index (χ4v) is 2.76. The van der Waals surface area contributed by atoms with Crippen LogP contribution in [0.1, 0.15) is 18.4 Å². The molecule has 1 aromatic rings. The van der Waals surface area contributed by atoms with Crippen LogP contribution in [0.5, 0.6) is 0 Å². The van der Waals surface area contributed by atoms with Gasteiger partial charge in [0.2, 0.25) is 0 Å². The molecule has 2 nitrogen and oxygen atoms in total. The van der Waals surface area contributed by atoms with Crippen LogP contribution in [0, 0.1) is 0 Å². The molecule has 0 amide bonds. The van der Waals surface area contributed by atoms with E-state index in [4.69, 9.17) is 23.2 Å². The second-order valence-corrected chi connectivity index (χ2v) is 5.38. The Bertz CT molecular complexity index is 342. The first kappa shape index (κ1) is 13.2. The SMILES string of the molecule is Clc1cc(Cl)cc(CNCCN2CCCC2)c1. The lowest BCUT2D eigenvalue weighted by molar-refractivity contribution is 0.335. The van der Waals surface area contributed by atoms with E-state index in [1.807, 2.05) is 12.1 Å². The van der Waals surface area contributed by atoms with Crippen molar-refractivity contribution in [3.63, 3.8) is 0 Å². The average molecular weight is 273 g/mol. The van der Waals surface area contributed by atoms with E-state index in [9.17, 15) is 0 Å². The number of likely N-dealkylation sites (tertiary alicyclic amines) is 1. The Kier molecular flexibility index (Phi) is 5.11. The normalized spacial score (nSPS) is 16.6. The molecule has 2 rings (SSSR count). The predicted molar refractivity (Wildman–Crippen MR) is 73.8 cm³/mol. The van der Waals surface area contributed by atoms with E-state index >= 15 is 0 Å². The Balaban J connectivity index is 1.70. The second-order valence-electron chi connectivity index (χ2n) is 4.50. The summed E-state index contributed by atoms with van der Waals surface area (Å²) in [5.41, 5.74) is 1.14. The molecular formula is C13H18Cl2N2. The maximum absolute atomic E-state index is 5.95. The van der Waals surface area contributed by atoms with E-state index in [1.54, 1.807) is 6.07 Å². The molecule has 0 spiro atoms. The fourth-order valence-electron chi connectivity index (χ4n) is 2.19. The quantitative estimate of drug-likeness (QED) is 0.829. The summed E-state index contributed by atoms with van der Waals surface area (Å²) in [6.45, 7) is 5.49. The van der Waals surface area contributed by atoms with Gasteiger partial charge in [-0.25, -0.2) is 0 Å². The molecule has 0 unspecified atom stereocenters. The van der Waals surface area contributed by atoms with Gasteiger partial charge in [0.25, 0.3) is 0 Å². The number of rotatable bonds is 5. The predicted octanol–water partition coefficient (Wildman–Crippen LogP) is 3.18. The first-order valence-corrected chi connectivity index (χ1v) is 6.88. The lowest BCUT2D eigenvalue weighted by atomic mass is 10.2.